The number of hydroxylamine groups is 1. The van der Waals surface area contributed by atoms with Crippen molar-refractivity contribution in [2.75, 3.05) is 0 Å². The van der Waals surface area contributed by atoms with Crippen LogP contribution in [0, 0.1) is 0 Å². The number of aliphatic imine (C=N–C) groups is 1. The fourth-order valence-electron chi connectivity index (χ4n) is 2.93. The van der Waals surface area contributed by atoms with E-state index in [1.807, 2.05) is 0 Å². The summed E-state index contributed by atoms with van der Waals surface area (Å²) in [5.74, 6) is 0.587. The molecule has 3 N–H and O–H groups in total. The summed E-state index contributed by atoms with van der Waals surface area (Å²) in [7, 11) is 0. The fourth-order valence-corrected chi connectivity index (χ4v) is 2.93. The number of hydrogen-bond acceptors (Lipinski definition) is 2. The van der Waals surface area contributed by atoms with E-state index < -0.39 is 0 Å². The second-order valence-corrected chi connectivity index (χ2v) is 5.36. The molecule has 0 spiro atoms. The summed E-state index contributed by atoms with van der Waals surface area (Å²) < 4.78 is 0. The second kappa shape index (κ2) is 6.84. The van der Waals surface area contributed by atoms with Gasteiger partial charge in [-0.1, -0.05) is 38.5 Å². The van der Waals surface area contributed by atoms with Gasteiger partial charge in [-0.3, -0.25) is 5.21 Å². The zero-order valence-corrected chi connectivity index (χ0v) is 10.6. The van der Waals surface area contributed by atoms with Crippen LogP contribution in [0.1, 0.15) is 64.2 Å². The van der Waals surface area contributed by atoms with Crippen molar-refractivity contribution in [3.8, 4) is 0 Å². The van der Waals surface area contributed by atoms with Crippen molar-refractivity contribution in [3.05, 3.63) is 0 Å². The summed E-state index contributed by atoms with van der Waals surface area (Å²) in [6.45, 7) is 0. The molecular formula is C13H25N3O. The normalized spacial score (nSPS) is 24.6. The van der Waals surface area contributed by atoms with Crippen molar-refractivity contribution in [1.82, 2.24) is 10.8 Å². The van der Waals surface area contributed by atoms with Crippen LogP contribution < -0.4 is 10.8 Å². The Morgan fingerprint density at radius 1 is 0.882 bits per heavy atom. The van der Waals surface area contributed by atoms with Crippen LogP contribution in [-0.2, 0) is 0 Å². The standard InChI is InChI=1S/C13H25N3O/c17-16-13(14-11-7-3-1-4-8-11)15-12-9-5-2-6-10-12/h11-12,17H,1-10H2,(H2,14,15,16). The summed E-state index contributed by atoms with van der Waals surface area (Å²) in [4.78, 5) is 4.59. The molecule has 0 unspecified atom stereocenters. The first-order chi connectivity index (χ1) is 8.38. The Bertz CT molecular complexity index is 243. The SMILES string of the molecule is ONC(=NC1CCCCC1)NC1CCCCC1. The maximum Gasteiger partial charge on any atom is 0.216 e. The van der Waals surface area contributed by atoms with E-state index in [9.17, 15) is 0 Å². The molecule has 2 rings (SSSR count). The Hall–Kier alpha value is -0.770. The van der Waals surface area contributed by atoms with Crippen LogP contribution >= 0.6 is 0 Å². The molecule has 98 valence electrons. The van der Waals surface area contributed by atoms with Crippen molar-refractivity contribution >= 4 is 5.96 Å². The third-order valence-electron chi connectivity index (χ3n) is 3.94. The molecule has 0 amide bonds. The lowest BCUT2D eigenvalue weighted by atomic mass is 9.95. The van der Waals surface area contributed by atoms with E-state index in [0.29, 0.717) is 18.0 Å². The Morgan fingerprint density at radius 3 is 2.06 bits per heavy atom. The summed E-state index contributed by atoms with van der Waals surface area (Å²) in [6, 6.07) is 0.889. The number of rotatable bonds is 2. The van der Waals surface area contributed by atoms with Gasteiger partial charge in [-0.2, -0.15) is 0 Å². The van der Waals surface area contributed by atoms with Gasteiger partial charge in [0.05, 0.1) is 6.04 Å². The van der Waals surface area contributed by atoms with E-state index in [1.165, 1.54) is 51.4 Å². The van der Waals surface area contributed by atoms with Gasteiger partial charge < -0.3 is 5.32 Å². The maximum atomic E-state index is 9.14. The van der Waals surface area contributed by atoms with Gasteiger partial charge in [0.25, 0.3) is 0 Å². The Kier molecular flexibility index (Phi) is 5.10. The van der Waals surface area contributed by atoms with Gasteiger partial charge in [-0.25, -0.2) is 10.5 Å². The molecule has 0 radical (unpaired) electrons. The molecule has 4 heteroatoms. The average Bonchev–Trinajstić information content (AvgIpc) is 2.40. The second-order valence-electron chi connectivity index (χ2n) is 5.36. The van der Waals surface area contributed by atoms with E-state index in [4.69, 9.17) is 5.21 Å². The molecule has 17 heavy (non-hydrogen) atoms. The molecule has 2 saturated carbocycles. The molecule has 2 fully saturated rings. The Balaban J connectivity index is 1.83. The van der Waals surface area contributed by atoms with E-state index in [2.05, 4.69) is 15.8 Å². The van der Waals surface area contributed by atoms with Crippen LogP contribution in [0.25, 0.3) is 0 Å². The third-order valence-corrected chi connectivity index (χ3v) is 3.94. The van der Waals surface area contributed by atoms with Gasteiger partial charge in [-0.15, -0.1) is 0 Å². The van der Waals surface area contributed by atoms with Crippen LogP contribution in [-0.4, -0.2) is 23.3 Å². The molecule has 0 aromatic carbocycles. The summed E-state index contributed by atoms with van der Waals surface area (Å²) >= 11 is 0. The van der Waals surface area contributed by atoms with Crippen LogP contribution in [0.5, 0.6) is 0 Å². The molecular weight excluding hydrogens is 214 g/mol. The molecule has 0 bridgehead atoms. The van der Waals surface area contributed by atoms with Crippen LogP contribution in [0.2, 0.25) is 0 Å². The molecule has 0 atom stereocenters. The first-order valence-corrected chi connectivity index (χ1v) is 7.13. The van der Waals surface area contributed by atoms with Crippen LogP contribution in [0.4, 0.5) is 0 Å². The van der Waals surface area contributed by atoms with Gasteiger partial charge >= 0.3 is 0 Å². The molecule has 0 saturated heterocycles. The monoisotopic (exact) mass is 239 g/mol. The lowest BCUT2D eigenvalue weighted by Gasteiger charge is -2.25. The van der Waals surface area contributed by atoms with Crippen molar-refractivity contribution in [2.45, 2.75) is 76.3 Å². The zero-order chi connectivity index (χ0) is 11.9. The molecule has 0 heterocycles. The molecule has 2 aliphatic carbocycles. The van der Waals surface area contributed by atoms with E-state index in [-0.39, 0.29) is 0 Å². The molecule has 0 aromatic rings. The fraction of sp³-hybridized carbons (Fsp3) is 0.923. The summed E-state index contributed by atoms with van der Waals surface area (Å²) in [6.07, 6.45) is 12.5. The zero-order valence-electron chi connectivity index (χ0n) is 10.6. The van der Waals surface area contributed by atoms with Crippen LogP contribution in [0.15, 0.2) is 4.99 Å². The highest BCUT2D eigenvalue weighted by atomic mass is 16.5. The van der Waals surface area contributed by atoms with Gasteiger partial charge in [0.15, 0.2) is 0 Å². The van der Waals surface area contributed by atoms with Gasteiger partial charge in [0.2, 0.25) is 5.96 Å². The number of nitrogens with one attached hydrogen (secondary N) is 2. The van der Waals surface area contributed by atoms with E-state index in [1.54, 1.807) is 0 Å². The average molecular weight is 239 g/mol. The van der Waals surface area contributed by atoms with E-state index >= 15 is 0 Å². The minimum atomic E-state index is 0.398. The van der Waals surface area contributed by atoms with E-state index in [0.717, 1.165) is 12.8 Å². The highest BCUT2D eigenvalue weighted by molar-refractivity contribution is 5.79. The molecule has 4 nitrogen and oxygen atoms in total. The Labute approximate surface area is 104 Å². The van der Waals surface area contributed by atoms with Gasteiger partial charge in [0.1, 0.15) is 0 Å². The topological polar surface area (TPSA) is 56.6 Å². The number of nitrogens with zero attached hydrogens (tertiary/aromatic N) is 1. The highest BCUT2D eigenvalue weighted by Crippen LogP contribution is 2.21. The maximum absolute atomic E-state index is 9.14. The van der Waals surface area contributed by atoms with Crippen molar-refractivity contribution in [2.24, 2.45) is 4.99 Å². The third kappa shape index (κ3) is 4.19. The van der Waals surface area contributed by atoms with Crippen molar-refractivity contribution < 1.29 is 5.21 Å². The van der Waals surface area contributed by atoms with Gasteiger partial charge in [-0.05, 0) is 25.7 Å². The molecule has 0 aromatic heterocycles. The quantitative estimate of drug-likeness (QED) is 0.394. The lowest BCUT2D eigenvalue weighted by Crippen LogP contribution is -2.43. The number of guanidine groups is 1. The van der Waals surface area contributed by atoms with Crippen molar-refractivity contribution in [1.29, 1.82) is 0 Å². The minimum absolute atomic E-state index is 0.398. The first-order valence-electron chi connectivity index (χ1n) is 7.13. The minimum Gasteiger partial charge on any atom is -0.352 e. The smallest absolute Gasteiger partial charge is 0.216 e. The highest BCUT2D eigenvalue weighted by Gasteiger charge is 2.17. The van der Waals surface area contributed by atoms with Crippen LogP contribution in [0.3, 0.4) is 0 Å². The molecule has 2 aliphatic rings. The predicted octanol–water partition coefficient (Wildman–Crippen LogP) is 2.58. The summed E-state index contributed by atoms with van der Waals surface area (Å²) in [5, 5.41) is 12.5. The first kappa shape index (κ1) is 12.7. The van der Waals surface area contributed by atoms with Gasteiger partial charge in [0, 0.05) is 6.04 Å². The largest absolute Gasteiger partial charge is 0.352 e. The van der Waals surface area contributed by atoms with Crippen molar-refractivity contribution in [3.63, 3.8) is 0 Å². The summed E-state index contributed by atoms with van der Waals surface area (Å²) in [5.41, 5.74) is 2.24. The predicted molar refractivity (Wildman–Crippen MR) is 69.2 cm³/mol. The molecule has 0 aliphatic heterocycles. The lowest BCUT2D eigenvalue weighted by molar-refractivity contribution is 0.224. The number of hydrogen-bond donors (Lipinski definition) is 3. The Morgan fingerprint density at radius 2 is 1.47 bits per heavy atom.